The van der Waals surface area contributed by atoms with Crippen molar-refractivity contribution in [3.8, 4) is 5.75 Å². The van der Waals surface area contributed by atoms with Gasteiger partial charge < -0.3 is 4.74 Å². The van der Waals surface area contributed by atoms with Gasteiger partial charge in [0, 0.05) is 0 Å². The van der Waals surface area contributed by atoms with Crippen LogP contribution in [0.15, 0.2) is 48.5 Å². The van der Waals surface area contributed by atoms with Crippen LogP contribution in [0.5, 0.6) is 5.75 Å². The molecule has 0 atom stereocenters. The summed E-state index contributed by atoms with van der Waals surface area (Å²) < 4.78 is 28.8. The maximum atomic E-state index is 12.2. The molecule has 1 fully saturated rings. The molecule has 0 aliphatic heterocycles. The second-order valence-corrected chi connectivity index (χ2v) is 7.77. The van der Waals surface area contributed by atoms with E-state index < -0.39 is 6.61 Å². The molecule has 2 aromatic carbocycles. The molecule has 3 rings (SSSR count). The molecular formula is C24H30F2O. The number of rotatable bonds is 8. The Morgan fingerprint density at radius 2 is 1.41 bits per heavy atom. The van der Waals surface area contributed by atoms with Gasteiger partial charge in [-0.25, -0.2) is 0 Å². The Morgan fingerprint density at radius 3 is 1.93 bits per heavy atom. The van der Waals surface area contributed by atoms with Crippen molar-refractivity contribution >= 4 is 0 Å². The van der Waals surface area contributed by atoms with E-state index in [1.807, 2.05) is 12.1 Å². The molecule has 0 heterocycles. The minimum absolute atomic E-state index is 0.215. The second-order valence-electron chi connectivity index (χ2n) is 7.77. The summed E-state index contributed by atoms with van der Waals surface area (Å²) in [7, 11) is 0. The highest BCUT2D eigenvalue weighted by Gasteiger charge is 2.21. The smallest absolute Gasteiger partial charge is 0.387 e. The van der Waals surface area contributed by atoms with Crippen LogP contribution in [0.25, 0.3) is 0 Å². The first-order chi connectivity index (χ1) is 13.1. The molecule has 1 aliphatic rings. The highest BCUT2D eigenvalue weighted by Crippen LogP contribution is 2.37. The lowest BCUT2D eigenvalue weighted by Gasteiger charge is -2.28. The van der Waals surface area contributed by atoms with Crippen LogP contribution in [0.2, 0.25) is 0 Å². The predicted octanol–water partition coefficient (Wildman–Crippen LogP) is 7.15. The van der Waals surface area contributed by atoms with Crippen LogP contribution in [-0.2, 0) is 12.8 Å². The maximum absolute atomic E-state index is 12.2. The van der Waals surface area contributed by atoms with Crippen molar-refractivity contribution in [1.82, 2.24) is 0 Å². The average Bonchev–Trinajstić information content (AvgIpc) is 2.68. The van der Waals surface area contributed by atoms with Gasteiger partial charge in [0.15, 0.2) is 0 Å². The molecule has 3 heteroatoms. The van der Waals surface area contributed by atoms with E-state index >= 15 is 0 Å². The molecule has 0 N–H and O–H groups in total. The first-order valence-corrected chi connectivity index (χ1v) is 10.3. The molecule has 0 spiro atoms. The number of aryl methyl sites for hydroxylation is 2. The molecule has 0 unspecified atom stereocenters. The van der Waals surface area contributed by atoms with Gasteiger partial charge in [-0.15, -0.1) is 0 Å². The van der Waals surface area contributed by atoms with Crippen molar-refractivity contribution in [1.29, 1.82) is 0 Å². The normalized spacial score (nSPS) is 20.0. The van der Waals surface area contributed by atoms with Gasteiger partial charge in [-0.05, 0) is 79.2 Å². The Bertz CT molecular complexity index is 671. The van der Waals surface area contributed by atoms with Crippen LogP contribution >= 0.6 is 0 Å². The molecule has 0 bridgehead atoms. The molecule has 1 nitrogen and oxygen atoms in total. The lowest BCUT2D eigenvalue weighted by molar-refractivity contribution is -0.0498. The molecule has 0 radical (unpaired) electrons. The quantitative estimate of drug-likeness (QED) is 0.478. The molecule has 0 saturated heterocycles. The summed E-state index contributed by atoms with van der Waals surface area (Å²) in [4.78, 5) is 0. The van der Waals surface area contributed by atoms with Gasteiger partial charge in [0.25, 0.3) is 0 Å². The Kier molecular flexibility index (Phi) is 7.25. The first-order valence-electron chi connectivity index (χ1n) is 10.3. The highest BCUT2D eigenvalue weighted by atomic mass is 19.3. The van der Waals surface area contributed by atoms with Crippen molar-refractivity contribution in [2.45, 2.75) is 70.8 Å². The number of ether oxygens (including phenoxy) is 1. The van der Waals surface area contributed by atoms with E-state index in [1.165, 1.54) is 49.7 Å². The standard InChI is InChI=1S/C24H30F2O/c1-2-3-18-6-12-21(13-7-18)22-14-8-19(9-15-22)4-5-20-10-16-23(17-11-20)27-24(25)26/h8-11,14-18,21,24H,2-7,12-13H2,1H3. The lowest BCUT2D eigenvalue weighted by atomic mass is 9.77. The molecule has 0 amide bonds. The molecule has 1 saturated carbocycles. The van der Waals surface area contributed by atoms with Crippen LogP contribution in [0.3, 0.4) is 0 Å². The number of benzene rings is 2. The Labute approximate surface area is 161 Å². The van der Waals surface area contributed by atoms with E-state index in [9.17, 15) is 8.78 Å². The van der Waals surface area contributed by atoms with E-state index in [1.54, 1.807) is 12.1 Å². The van der Waals surface area contributed by atoms with Crippen LogP contribution in [-0.4, -0.2) is 6.61 Å². The molecular weight excluding hydrogens is 342 g/mol. The minimum Gasteiger partial charge on any atom is -0.435 e. The zero-order chi connectivity index (χ0) is 19.1. The fraction of sp³-hybridized carbons (Fsp3) is 0.500. The number of alkyl halides is 2. The van der Waals surface area contributed by atoms with Crippen LogP contribution in [0, 0.1) is 5.92 Å². The third-order valence-electron chi connectivity index (χ3n) is 5.85. The van der Waals surface area contributed by atoms with E-state index in [0.29, 0.717) is 0 Å². The second kappa shape index (κ2) is 9.87. The highest BCUT2D eigenvalue weighted by molar-refractivity contribution is 5.30. The summed E-state index contributed by atoms with van der Waals surface area (Å²) >= 11 is 0. The monoisotopic (exact) mass is 372 g/mol. The van der Waals surface area contributed by atoms with Gasteiger partial charge in [-0.2, -0.15) is 8.78 Å². The summed E-state index contributed by atoms with van der Waals surface area (Å²) in [5, 5.41) is 0. The molecule has 0 aromatic heterocycles. The molecule has 146 valence electrons. The van der Waals surface area contributed by atoms with Crippen LogP contribution in [0.1, 0.15) is 68.1 Å². The predicted molar refractivity (Wildman–Crippen MR) is 107 cm³/mol. The fourth-order valence-electron chi connectivity index (χ4n) is 4.28. The SMILES string of the molecule is CCCC1CCC(c2ccc(CCc3ccc(OC(F)F)cc3)cc2)CC1. The van der Waals surface area contributed by atoms with Crippen molar-refractivity contribution in [3.63, 3.8) is 0 Å². The van der Waals surface area contributed by atoms with Gasteiger partial charge in [-0.3, -0.25) is 0 Å². The van der Waals surface area contributed by atoms with Gasteiger partial charge >= 0.3 is 6.61 Å². The van der Waals surface area contributed by atoms with E-state index in [4.69, 9.17) is 0 Å². The van der Waals surface area contributed by atoms with E-state index in [2.05, 4.69) is 35.9 Å². The lowest BCUT2D eigenvalue weighted by Crippen LogP contribution is -2.13. The number of hydrogen-bond acceptors (Lipinski definition) is 1. The average molecular weight is 372 g/mol. The first kappa shape index (κ1) is 19.9. The number of halogens is 2. The molecule has 1 aliphatic carbocycles. The van der Waals surface area contributed by atoms with Crippen molar-refractivity contribution in [2.75, 3.05) is 0 Å². The molecule has 27 heavy (non-hydrogen) atoms. The van der Waals surface area contributed by atoms with Crippen LogP contribution in [0.4, 0.5) is 8.78 Å². The Hall–Kier alpha value is -1.90. The summed E-state index contributed by atoms with van der Waals surface area (Å²) in [5.41, 5.74) is 3.95. The Morgan fingerprint density at radius 1 is 0.852 bits per heavy atom. The van der Waals surface area contributed by atoms with E-state index in [-0.39, 0.29) is 5.75 Å². The van der Waals surface area contributed by atoms with Gasteiger partial charge in [-0.1, -0.05) is 56.2 Å². The van der Waals surface area contributed by atoms with Crippen molar-refractivity contribution in [2.24, 2.45) is 5.92 Å². The van der Waals surface area contributed by atoms with Gasteiger partial charge in [0.2, 0.25) is 0 Å². The Balaban J connectivity index is 1.48. The molecule has 2 aromatic rings. The fourth-order valence-corrected chi connectivity index (χ4v) is 4.28. The third-order valence-corrected chi connectivity index (χ3v) is 5.85. The zero-order valence-electron chi connectivity index (χ0n) is 16.2. The van der Waals surface area contributed by atoms with E-state index in [0.717, 1.165) is 30.2 Å². The summed E-state index contributed by atoms with van der Waals surface area (Å²) in [5.74, 6) is 1.89. The number of hydrogen-bond donors (Lipinski definition) is 0. The summed E-state index contributed by atoms with van der Waals surface area (Å²) in [6.45, 7) is -0.479. The third kappa shape index (κ3) is 6.05. The van der Waals surface area contributed by atoms with Crippen molar-refractivity contribution < 1.29 is 13.5 Å². The van der Waals surface area contributed by atoms with Crippen LogP contribution < -0.4 is 4.74 Å². The maximum Gasteiger partial charge on any atom is 0.387 e. The van der Waals surface area contributed by atoms with Crippen molar-refractivity contribution in [3.05, 3.63) is 65.2 Å². The van der Waals surface area contributed by atoms with Gasteiger partial charge in [0.05, 0.1) is 0 Å². The van der Waals surface area contributed by atoms with Gasteiger partial charge in [0.1, 0.15) is 5.75 Å². The summed E-state index contributed by atoms with van der Waals surface area (Å²) in [6, 6.07) is 16.1. The minimum atomic E-state index is -2.77. The summed E-state index contributed by atoms with van der Waals surface area (Å²) in [6.07, 6.45) is 9.98. The topological polar surface area (TPSA) is 9.23 Å². The zero-order valence-corrected chi connectivity index (χ0v) is 16.2. The largest absolute Gasteiger partial charge is 0.435 e.